The van der Waals surface area contributed by atoms with Crippen molar-refractivity contribution < 1.29 is 11.3 Å². The minimum absolute atomic E-state index is 0.0260. The summed E-state index contributed by atoms with van der Waals surface area (Å²) in [4.78, 5) is 14.8. The lowest BCUT2D eigenvalue weighted by atomic mass is 10.1. The van der Waals surface area contributed by atoms with Crippen molar-refractivity contribution in [3.05, 3.63) is 158 Å². The Morgan fingerprint density at radius 2 is 1.16 bits per heavy atom. The van der Waals surface area contributed by atoms with Gasteiger partial charge in [0.2, 0.25) is 0 Å². The molecule has 4 heterocycles. The molecule has 11 rings (SSSR count). The first kappa shape index (κ1) is 23.7. The second kappa shape index (κ2) is 10.9. The number of nitrogens with zero attached hydrogens (tertiary/aromatic N) is 4. The maximum Gasteiger partial charge on any atom is 0.167 e. The van der Waals surface area contributed by atoms with E-state index in [-0.39, 0.29) is 17.2 Å². The third kappa shape index (κ3) is 4.30. The Morgan fingerprint density at radius 3 is 1.94 bits per heavy atom. The third-order valence-corrected chi connectivity index (χ3v) is 10.8. The summed E-state index contributed by atoms with van der Waals surface area (Å²) in [6.45, 7) is 0. The Kier molecular flexibility index (Phi) is 5.08. The average molecular weight is 676 g/mol. The van der Waals surface area contributed by atoms with Gasteiger partial charge in [0.15, 0.2) is 17.5 Å². The number of rotatable bonds is 4. The second-order valence-electron chi connectivity index (χ2n) is 12.4. The molecule has 0 spiro atoms. The summed E-state index contributed by atoms with van der Waals surface area (Å²) >= 11 is 1.63. The number of furan rings is 1. The summed E-state index contributed by atoms with van der Waals surface area (Å²) in [5.74, 6) is 0.541. The van der Waals surface area contributed by atoms with E-state index in [1.165, 1.54) is 10.8 Å². The minimum Gasteiger partial charge on any atom is -0.455 e. The van der Waals surface area contributed by atoms with Crippen LogP contribution in [0.4, 0.5) is 0 Å². The second-order valence-corrected chi connectivity index (χ2v) is 13.5. The SMILES string of the molecule is [2H]c1c([2H])c([2H])c(-c2nc(-c3cccc4c3oc3ccc(-n5c6ccccc6c6ccccc65)cc34)nc(-c3cccc4c3sc3ccccc34)n2)c([2H])c1[2H]. The van der Waals surface area contributed by atoms with E-state index in [2.05, 4.69) is 83.4 Å². The Morgan fingerprint density at radius 1 is 0.529 bits per heavy atom. The molecule has 0 aliphatic carbocycles. The molecule has 0 unspecified atom stereocenters. The van der Waals surface area contributed by atoms with Crippen LogP contribution >= 0.6 is 11.3 Å². The van der Waals surface area contributed by atoms with Gasteiger partial charge >= 0.3 is 0 Å². The lowest BCUT2D eigenvalue weighted by molar-refractivity contribution is 0.669. The predicted octanol–water partition coefficient (Wildman–Crippen LogP) is 12.2. The zero-order valence-electron chi connectivity index (χ0n) is 31.7. The van der Waals surface area contributed by atoms with Crippen LogP contribution < -0.4 is 0 Å². The van der Waals surface area contributed by atoms with E-state index in [0.29, 0.717) is 22.6 Å². The molecule has 51 heavy (non-hydrogen) atoms. The molecule has 0 saturated heterocycles. The lowest BCUT2D eigenvalue weighted by Crippen LogP contribution is -2.00. The largest absolute Gasteiger partial charge is 0.455 e. The van der Waals surface area contributed by atoms with Crippen LogP contribution in [0.15, 0.2) is 162 Å². The molecule has 11 aromatic rings. The van der Waals surface area contributed by atoms with Crippen molar-refractivity contribution >= 4 is 75.3 Å². The zero-order chi connectivity index (χ0) is 37.8. The van der Waals surface area contributed by atoms with Crippen molar-refractivity contribution in [2.75, 3.05) is 0 Å². The van der Waals surface area contributed by atoms with E-state index < -0.39 is 30.2 Å². The Labute approximate surface area is 302 Å². The normalized spacial score (nSPS) is 13.3. The van der Waals surface area contributed by atoms with Crippen molar-refractivity contribution in [2.24, 2.45) is 0 Å². The highest BCUT2D eigenvalue weighted by molar-refractivity contribution is 7.26. The van der Waals surface area contributed by atoms with E-state index in [0.717, 1.165) is 53.2 Å². The van der Waals surface area contributed by atoms with Crippen LogP contribution in [0.1, 0.15) is 6.85 Å². The molecule has 5 nitrogen and oxygen atoms in total. The van der Waals surface area contributed by atoms with Crippen molar-refractivity contribution in [3.63, 3.8) is 0 Å². The van der Waals surface area contributed by atoms with E-state index >= 15 is 0 Å². The predicted molar refractivity (Wildman–Crippen MR) is 211 cm³/mol. The van der Waals surface area contributed by atoms with Crippen molar-refractivity contribution in [1.29, 1.82) is 0 Å². The molecule has 6 heteroatoms. The van der Waals surface area contributed by atoms with Gasteiger partial charge in [0.1, 0.15) is 11.2 Å². The fourth-order valence-corrected chi connectivity index (χ4v) is 8.53. The molecular formula is C45H26N4OS. The van der Waals surface area contributed by atoms with Crippen LogP contribution in [0, 0.1) is 0 Å². The van der Waals surface area contributed by atoms with Crippen molar-refractivity contribution in [2.45, 2.75) is 0 Å². The van der Waals surface area contributed by atoms with Crippen LogP contribution in [-0.2, 0) is 0 Å². The molecule has 0 aliphatic rings. The molecule has 0 radical (unpaired) electrons. The number of fused-ring (bicyclic) bond motifs is 9. The average Bonchev–Trinajstić information content (AvgIpc) is 3.91. The molecule has 0 aliphatic heterocycles. The van der Waals surface area contributed by atoms with Gasteiger partial charge in [-0.2, -0.15) is 0 Å². The first-order chi connectivity index (χ1) is 27.4. The molecule has 7 aromatic carbocycles. The van der Waals surface area contributed by atoms with Gasteiger partial charge < -0.3 is 8.98 Å². The smallest absolute Gasteiger partial charge is 0.167 e. The number of benzene rings is 7. The van der Waals surface area contributed by atoms with Crippen molar-refractivity contribution in [3.8, 4) is 39.9 Å². The van der Waals surface area contributed by atoms with Gasteiger partial charge in [-0.15, -0.1) is 11.3 Å². The Hall–Kier alpha value is -6.63. The van der Waals surface area contributed by atoms with Crippen LogP contribution in [0.3, 0.4) is 0 Å². The number of hydrogen-bond acceptors (Lipinski definition) is 5. The molecule has 238 valence electrons. The van der Waals surface area contributed by atoms with E-state index in [1.807, 2.05) is 48.5 Å². The number of thiophene rings is 1. The maximum atomic E-state index is 8.82. The standard InChI is InChI=1S/C45H26N4OS/c1-2-12-27(13-3-1)43-46-44(48-45(47-43)35-20-11-18-33-31-16-6-9-23-40(31)51-42(33)35)34-19-10-17-32-36-26-28(24-25-39(36)50-41(32)34)49-37-21-7-4-14-29(37)30-15-5-8-22-38(30)49/h1-26H/i1D,2D,3D,12D,13D. The molecule has 0 fully saturated rings. The Balaban J connectivity index is 1.16. The highest BCUT2D eigenvalue weighted by atomic mass is 32.1. The first-order valence-electron chi connectivity index (χ1n) is 19.0. The summed E-state index contributed by atoms with van der Waals surface area (Å²) in [6.07, 6.45) is 0. The minimum atomic E-state index is -0.486. The third-order valence-electron chi connectivity index (χ3n) is 9.56. The van der Waals surface area contributed by atoms with Gasteiger partial charge in [-0.3, -0.25) is 0 Å². The molecule has 4 aromatic heterocycles. The van der Waals surface area contributed by atoms with E-state index in [9.17, 15) is 0 Å². The molecule has 0 saturated carbocycles. The van der Waals surface area contributed by atoms with Crippen molar-refractivity contribution in [1.82, 2.24) is 19.5 Å². The van der Waals surface area contributed by atoms with E-state index in [1.54, 1.807) is 11.3 Å². The molecule has 0 amide bonds. The quantitative estimate of drug-likeness (QED) is 0.186. The summed E-state index contributed by atoms with van der Waals surface area (Å²) in [5, 5.41) is 6.29. The monoisotopic (exact) mass is 675 g/mol. The summed E-state index contributed by atoms with van der Waals surface area (Å²) in [7, 11) is 0. The van der Waals surface area contributed by atoms with Gasteiger partial charge in [-0.25, -0.2) is 15.0 Å². The molecule has 0 bridgehead atoms. The zero-order valence-corrected chi connectivity index (χ0v) is 27.5. The molecule has 0 atom stereocenters. The highest BCUT2D eigenvalue weighted by Gasteiger charge is 2.20. The van der Waals surface area contributed by atoms with Gasteiger partial charge in [0.05, 0.1) is 23.5 Å². The fraction of sp³-hybridized carbons (Fsp3) is 0. The Bertz CT molecular complexity index is 3380. The highest BCUT2D eigenvalue weighted by Crippen LogP contribution is 2.41. The summed E-state index contributed by atoms with van der Waals surface area (Å²) in [6, 6.07) is 40.8. The first-order valence-corrected chi connectivity index (χ1v) is 17.4. The van der Waals surface area contributed by atoms with Crippen LogP contribution in [-0.4, -0.2) is 19.5 Å². The number of aromatic nitrogens is 4. The maximum absolute atomic E-state index is 8.82. The van der Waals surface area contributed by atoms with Gasteiger partial charge in [0.25, 0.3) is 0 Å². The number of para-hydroxylation sites is 3. The molecular weight excluding hydrogens is 645 g/mol. The van der Waals surface area contributed by atoms with Crippen LogP contribution in [0.2, 0.25) is 0 Å². The van der Waals surface area contributed by atoms with Gasteiger partial charge in [-0.1, -0.05) is 109 Å². The van der Waals surface area contributed by atoms with Gasteiger partial charge in [0, 0.05) is 58.5 Å². The molecule has 0 N–H and O–H groups in total. The fourth-order valence-electron chi connectivity index (χ4n) is 7.32. The van der Waals surface area contributed by atoms with E-state index in [4.69, 9.17) is 26.2 Å². The van der Waals surface area contributed by atoms with Crippen LogP contribution in [0.5, 0.6) is 0 Å². The lowest BCUT2D eigenvalue weighted by Gasteiger charge is -2.09. The summed E-state index contributed by atoms with van der Waals surface area (Å²) in [5.41, 5.74) is 5.67. The summed E-state index contributed by atoms with van der Waals surface area (Å²) < 4.78 is 53.7. The topological polar surface area (TPSA) is 56.7 Å². The van der Waals surface area contributed by atoms with Crippen LogP contribution in [0.25, 0.3) is 104 Å². The number of hydrogen-bond donors (Lipinski definition) is 0. The van der Waals surface area contributed by atoms with Gasteiger partial charge in [-0.05, 0) is 48.5 Å².